The molecule has 0 unspecified atom stereocenters. The minimum absolute atomic E-state index is 0.0258. The third-order valence-corrected chi connectivity index (χ3v) is 4.35. The first-order valence-electron chi connectivity index (χ1n) is 7.84. The average Bonchev–Trinajstić information content (AvgIpc) is 2.56. The van der Waals surface area contributed by atoms with Crippen LogP contribution in [-0.2, 0) is 10.5 Å². The third-order valence-electron chi connectivity index (χ3n) is 3.34. The van der Waals surface area contributed by atoms with Gasteiger partial charge in [-0.25, -0.2) is 4.39 Å². The number of ether oxygens (including phenoxy) is 1. The average molecular weight is 347 g/mol. The molecule has 2 aromatic rings. The predicted molar refractivity (Wildman–Crippen MR) is 96.8 cm³/mol. The van der Waals surface area contributed by atoms with Gasteiger partial charge in [-0.2, -0.15) is 0 Å². The molecule has 1 N–H and O–H groups in total. The molecular formula is C19H22FNO2S. The molecule has 0 aliphatic rings. The first-order chi connectivity index (χ1) is 11.5. The van der Waals surface area contributed by atoms with E-state index in [0.29, 0.717) is 18.1 Å². The molecule has 24 heavy (non-hydrogen) atoms. The Labute approximate surface area is 146 Å². The Morgan fingerprint density at radius 3 is 2.50 bits per heavy atom. The molecule has 1 amide bonds. The normalized spacial score (nSPS) is 11.8. The van der Waals surface area contributed by atoms with E-state index in [9.17, 15) is 9.18 Å². The lowest BCUT2D eigenvalue weighted by atomic mass is 10.2. The SMILES string of the molecule is Cc1ccc(OC[C@H](C)NC(=O)CSCc2ccc(F)cc2)cc1. The van der Waals surface area contributed by atoms with Crippen molar-refractivity contribution in [1.29, 1.82) is 0 Å². The minimum Gasteiger partial charge on any atom is -0.491 e. The number of carbonyl (C=O) groups is 1. The summed E-state index contributed by atoms with van der Waals surface area (Å²) in [5, 5.41) is 2.91. The molecule has 0 radical (unpaired) electrons. The van der Waals surface area contributed by atoms with Crippen molar-refractivity contribution in [3.8, 4) is 5.75 Å². The zero-order valence-electron chi connectivity index (χ0n) is 13.9. The molecule has 2 aromatic carbocycles. The zero-order valence-corrected chi connectivity index (χ0v) is 14.7. The Hall–Kier alpha value is -2.01. The number of amides is 1. The highest BCUT2D eigenvalue weighted by Crippen LogP contribution is 2.13. The van der Waals surface area contributed by atoms with Gasteiger partial charge in [-0.3, -0.25) is 4.79 Å². The molecule has 128 valence electrons. The second kappa shape index (κ2) is 9.33. The van der Waals surface area contributed by atoms with Gasteiger partial charge in [0.15, 0.2) is 0 Å². The number of nitrogens with one attached hydrogen (secondary N) is 1. The number of thioether (sulfide) groups is 1. The quantitative estimate of drug-likeness (QED) is 0.786. The molecular weight excluding hydrogens is 325 g/mol. The van der Waals surface area contributed by atoms with Gasteiger partial charge in [0.2, 0.25) is 5.91 Å². The van der Waals surface area contributed by atoms with Crippen LogP contribution in [0.25, 0.3) is 0 Å². The van der Waals surface area contributed by atoms with Crippen LogP contribution in [0, 0.1) is 12.7 Å². The Morgan fingerprint density at radius 2 is 1.83 bits per heavy atom. The number of rotatable bonds is 8. The van der Waals surface area contributed by atoms with E-state index in [-0.39, 0.29) is 17.8 Å². The molecule has 1 atom stereocenters. The van der Waals surface area contributed by atoms with Crippen LogP contribution in [0.1, 0.15) is 18.1 Å². The van der Waals surface area contributed by atoms with Crippen molar-refractivity contribution < 1.29 is 13.9 Å². The first-order valence-corrected chi connectivity index (χ1v) is 8.99. The molecule has 0 aliphatic carbocycles. The van der Waals surface area contributed by atoms with Crippen molar-refractivity contribution >= 4 is 17.7 Å². The highest BCUT2D eigenvalue weighted by molar-refractivity contribution is 7.99. The van der Waals surface area contributed by atoms with Crippen LogP contribution < -0.4 is 10.1 Å². The van der Waals surface area contributed by atoms with E-state index in [1.54, 1.807) is 12.1 Å². The molecule has 3 nitrogen and oxygen atoms in total. The summed E-state index contributed by atoms with van der Waals surface area (Å²) in [5.41, 5.74) is 2.19. The van der Waals surface area contributed by atoms with Crippen LogP contribution in [0.5, 0.6) is 5.75 Å². The van der Waals surface area contributed by atoms with E-state index >= 15 is 0 Å². The zero-order chi connectivity index (χ0) is 17.4. The van der Waals surface area contributed by atoms with Crippen molar-refractivity contribution in [3.63, 3.8) is 0 Å². The highest BCUT2D eigenvalue weighted by Gasteiger charge is 2.08. The Bertz CT molecular complexity index is 643. The lowest BCUT2D eigenvalue weighted by molar-refractivity contribution is -0.119. The first kappa shape index (κ1) is 18.3. The second-order valence-electron chi connectivity index (χ2n) is 5.71. The maximum atomic E-state index is 12.8. The van der Waals surface area contributed by atoms with Gasteiger partial charge in [0.25, 0.3) is 0 Å². The second-order valence-corrected chi connectivity index (χ2v) is 6.70. The van der Waals surface area contributed by atoms with Crippen molar-refractivity contribution in [3.05, 3.63) is 65.5 Å². The van der Waals surface area contributed by atoms with Crippen LogP contribution in [-0.4, -0.2) is 24.3 Å². The minimum atomic E-state index is -0.246. The van der Waals surface area contributed by atoms with E-state index in [1.807, 2.05) is 38.1 Å². The van der Waals surface area contributed by atoms with Crippen molar-refractivity contribution in [2.75, 3.05) is 12.4 Å². The lowest BCUT2D eigenvalue weighted by Gasteiger charge is -2.15. The number of hydrogen-bond acceptors (Lipinski definition) is 3. The number of aryl methyl sites for hydroxylation is 1. The number of carbonyl (C=O) groups excluding carboxylic acids is 1. The van der Waals surface area contributed by atoms with Crippen molar-refractivity contribution in [1.82, 2.24) is 5.32 Å². The molecule has 0 aromatic heterocycles. The molecule has 5 heteroatoms. The maximum Gasteiger partial charge on any atom is 0.230 e. The van der Waals surface area contributed by atoms with Gasteiger partial charge in [-0.05, 0) is 43.7 Å². The van der Waals surface area contributed by atoms with E-state index in [1.165, 1.54) is 29.5 Å². The van der Waals surface area contributed by atoms with Gasteiger partial charge in [-0.1, -0.05) is 29.8 Å². The van der Waals surface area contributed by atoms with Gasteiger partial charge < -0.3 is 10.1 Å². The molecule has 0 fully saturated rings. The summed E-state index contributed by atoms with van der Waals surface area (Å²) in [5.74, 6) is 1.58. The lowest BCUT2D eigenvalue weighted by Crippen LogP contribution is -2.37. The van der Waals surface area contributed by atoms with Crippen molar-refractivity contribution in [2.24, 2.45) is 0 Å². The molecule has 0 spiro atoms. The third kappa shape index (κ3) is 6.62. The molecule has 0 saturated heterocycles. The molecule has 0 saturated carbocycles. The summed E-state index contributed by atoms with van der Waals surface area (Å²) < 4.78 is 18.5. The molecule has 0 heterocycles. The predicted octanol–water partition coefficient (Wildman–Crippen LogP) is 3.95. The topological polar surface area (TPSA) is 38.3 Å². The number of halogens is 1. The molecule has 2 rings (SSSR count). The van der Waals surface area contributed by atoms with Gasteiger partial charge in [0.05, 0.1) is 11.8 Å². The number of hydrogen-bond donors (Lipinski definition) is 1. The van der Waals surface area contributed by atoms with Crippen molar-refractivity contribution in [2.45, 2.75) is 25.6 Å². The monoisotopic (exact) mass is 347 g/mol. The maximum absolute atomic E-state index is 12.8. The largest absolute Gasteiger partial charge is 0.491 e. The molecule has 0 aliphatic heterocycles. The van der Waals surface area contributed by atoms with E-state index in [2.05, 4.69) is 5.32 Å². The van der Waals surface area contributed by atoms with E-state index in [4.69, 9.17) is 4.74 Å². The summed E-state index contributed by atoms with van der Waals surface area (Å²) in [6.45, 7) is 4.37. The Kier molecular flexibility index (Phi) is 7.12. The van der Waals surface area contributed by atoms with E-state index < -0.39 is 0 Å². The number of benzene rings is 2. The highest BCUT2D eigenvalue weighted by atomic mass is 32.2. The summed E-state index contributed by atoms with van der Waals surface area (Å²) >= 11 is 1.50. The van der Waals surface area contributed by atoms with Crippen LogP contribution >= 0.6 is 11.8 Å². The van der Waals surface area contributed by atoms with Crippen LogP contribution in [0.3, 0.4) is 0 Å². The summed E-state index contributed by atoms with van der Waals surface area (Å²) in [4.78, 5) is 11.9. The molecule has 0 bridgehead atoms. The standard InChI is InChI=1S/C19H22FNO2S/c1-14-3-9-18(10-4-14)23-11-15(2)21-19(22)13-24-12-16-5-7-17(20)8-6-16/h3-10,15H,11-13H2,1-2H3,(H,21,22)/t15-/m0/s1. The Balaban J connectivity index is 1.64. The van der Waals surface area contributed by atoms with Gasteiger partial charge >= 0.3 is 0 Å². The smallest absolute Gasteiger partial charge is 0.230 e. The fraction of sp³-hybridized carbons (Fsp3) is 0.316. The summed E-state index contributed by atoms with van der Waals surface area (Å²) in [7, 11) is 0. The van der Waals surface area contributed by atoms with Crippen LogP contribution in [0.4, 0.5) is 4.39 Å². The fourth-order valence-electron chi connectivity index (χ4n) is 2.06. The van der Waals surface area contributed by atoms with Gasteiger partial charge in [-0.15, -0.1) is 11.8 Å². The Morgan fingerprint density at radius 1 is 1.17 bits per heavy atom. The summed E-state index contributed by atoms with van der Waals surface area (Å²) in [6, 6.07) is 14.1. The van der Waals surface area contributed by atoms with Crippen LogP contribution in [0.2, 0.25) is 0 Å². The fourth-order valence-corrected chi connectivity index (χ4v) is 2.86. The van der Waals surface area contributed by atoms with Gasteiger partial charge in [0.1, 0.15) is 18.2 Å². The van der Waals surface area contributed by atoms with E-state index in [0.717, 1.165) is 11.3 Å². The van der Waals surface area contributed by atoms with Crippen LogP contribution in [0.15, 0.2) is 48.5 Å². The van der Waals surface area contributed by atoms with Gasteiger partial charge in [0, 0.05) is 5.75 Å². The summed E-state index contributed by atoms with van der Waals surface area (Å²) in [6.07, 6.45) is 0.